The van der Waals surface area contributed by atoms with Gasteiger partial charge in [0.2, 0.25) is 5.91 Å². The van der Waals surface area contributed by atoms with Gasteiger partial charge in [-0.05, 0) is 49.9 Å². The molecule has 0 spiro atoms. The van der Waals surface area contributed by atoms with Gasteiger partial charge < -0.3 is 14.7 Å². The van der Waals surface area contributed by atoms with Crippen molar-refractivity contribution in [3.8, 4) is 11.3 Å². The zero-order valence-electron chi connectivity index (χ0n) is 18.1. The number of carbonyl (C=O) groups is 1. The van der Waals surface area contributed by atoms with Gasteiger partial charge in [0.25, 0.3) is 5.71 Å². The maximum atomic E-state index is 13.4. The minimum atomic E-state index is -0.309. The van der Waals surface area contributed by atoms with E-state index in [0.717, 1.165) is 37.8 Å². The fourth-order valence-corrected chi connectivity index (χ4v) is 4.94. The highest BCUT2D eigenvalue weighted by molar-refractivity contribution is 5.98. The highest BCUT2D eigenvalue weighted by atomic mass is 19.1. The van der Waals surface area contributed by atoms with Crippen molar-refractivity contribution in [2.45, 2.75) is 57.4 Å². The SMILES string of the molecule is O=C(NC1CCCCCC1)[C@@H]1CCCN(c2ncnc3onc(-c4ccc(F)cc4)c23)C1. The number of aromatic nitrogens is 3. The Morgan fingerprint density at radius 1 is 1.03 bits per heavy atom. The van der Waals surface area contributed by atoms with E-state index in [1.807, 2.05) is 0 Å². The van der Waals surface area contributed by atoms with Crippen molar-refractivity contribution in [1.82, 2.24) is 20.4 Å². The van der Waals surface area contributed by atoms with Gasteiger partial charge in [0.15, 0.2) is 0 Å². The predicted molar refractivity (Wildman–Crippen MR) is 120 cm³/mol. The number of anilines is 1. The van der Waals surface area contributed by atoms with Crippen LogP contribution in [0.25, 0.3) is 22.4 Å². The van der Waals surface area contributed by atoms with E-state index >= 15 is 0 Å². The molecule has 1 atom stereocenters. The molecule has 0 unspecified atom stereocenters. The van der Waals surface area contributed by atoms with Gasteiger partial charge in [0, 0.05) is 24.7 Å². The molecule has 0 bridgehead atoms. The number of nitrogens with one attached hydrogen (secondary N) is 1. The first kappa shape index (κ1) is 20.8. The molecule has 1 aliphatic carbocycles. The third-order valence-electron chi connectivity index (χ3n) is 6.66. The van der Waals surface area contributed by atoms with Crippen molar-refractivity contribution < 1.29 is 13.7 Å². The second-order valence-electron chi connectivity index (χ2n) is 8.90. The lowest BCUT2D eigenvalue weighted by molar-refractivity contribution is -0.126. The Hall–Kier alpha value is -3.03. The summed E-state index contributed by atoms with van der Waals surface area (Å²) in [7, 11) is 0. The van der Waals surface area contributed by atoms with Crippen LogP contribution < -0.4 is 10.2 Å². The van der Waals surface area contributed by atoms with Crippen LogP contribution in [0.2, 0.25) is 0 Å². The van der Waals surface area contributed by atoms with Gasteiger partial charge in [0.1, 0.15) is 29.0 Å². The van der Waals surface area contributed by atoms with Crippen molar-refractivity contribution in [3.05, 3.63) is 36.4 Å². The van der Waals surface area contributed by atoms with Crippen LogP contribution in [0.1, 0.15) is 51.4 Å². The number of carbonyl (C=O) groups excluding carboxylic acids is 1. The fraction of sp³-hybridized carbons (Fsp3) is 0.500. The van der Waals surface area contributed by atoms with Gasteiger partial charge in [-0.15, -0.1) is 0 Å². The average Bonchev–Trinajstić information content (AvgIpc) is 3.09. The lowest BCUT2D eigenvalue weighted by Crippen LogP contribution is -2.46. The molecule has 5 rings (SSSR count). The Balaban J connectivity index is 1.38. The lowest BCUT2D eigenvalue weighted by Gasteiger charge is -2.33. The minimum absolute atomic E-state index is 0.0776. The molecule has 3 aromatic rings. The fourth-order valence-electron chi connectivity index (χ4n) is 4.94. The van der Waals surface area contributed by atoms with E-state index in [2.05, 4.69) is 25.3 Å². The van der Waals surface area contributed by atoms with Crippen LogP contribution in [0.4, 0.5) is 10.2 Å². The summed E-state index contributed by atoms with van der Waals surface area (Å²) in [5, 5.41) is 8.19. The van der Waals surface area contributed by atoms with Crippen LogP contribution in [0.15, 0.2) is 35.1 Å². The summed E-state index contributed by atoms with van der Waals surface area (Å²) in [5.41, 5.74) is 1.71. The number of piperidine rings is 1. The predicted octanol–water partition coefficient (Wildman–Crippen LogP) is 4.48. The first-order chi connectivity index (χ1) is 15.7. The molecular formula is C24H28FN5O2. The topological polar surface area (TPSA) is 84.2 Å². The Bertz CT molecular complexity index is 1080. The molecule has 7 nitrogen and oxygen atoms in total. The molecule has 3 heterocycles. The second-order valence-corrected chi connectivity index (χ2v) is 8.90. The molecule has 1 aliphatic heterocycles. The Morgan fingerprint density at radius 2 is 1.81 bits per heavy atom. The number of halogens is 1. The Kier molecular flexibility index (Phi) is 6.01. The van der Waals surface area contributed by atoms with Crippen LogP contribution in [0.3, 0.4) is 0 Å². The molecule has 2 aromatic heterocycles. The number of fused-ring (bicyclic) bond motifs is 1. The molecule has 2 fully saturated rings. The van der Waals surface area contributed by atoms with Crippen LogP contribution in [0, 0.1) is 11.7 Å². The number of rotatable bonds is 4. The summed E-state index contributed by atoms with van der Waals surface area (Å²) in [6, 6.07) is 6.43. The summed E-state index contributed by atoms with van der Waals surface area (Å²) in [6.45, 7) is 1.39. The number of amides is 1. The first-order valence-corrected chi connectivity index (χ1v) is 11.6. The van der Waals surface area contributed by atoms with Gasteiger partial charge in [0.05, 0.1) is 5.92 Å². The zero-order chi connectivity index (χ0) is 21.9. The van der Waals surface area contributed by atoms with Crippen LogP contribution in [0.5, 0.6) is 0 Å². The first-order valence-electron chi connectivity index (χ1n) is 11.6. The van der Waals surface area contributed by atoms with Gasteiger partial charge in [-0.2, -0.15) is 4.98 Å². The van der Waals surface area contributed by atoms with Crippen molar-refractivity contribution in [2.24, 2.45) is 5.92 Å². The molecular weight excluding hydrogens is 409 g/mol. The van der Waals surface area contributed by atoms with E-state index in [1.165, 1.54) is 44.1 Å². The molecule has 0 radical (unpaired) electrons. The summed E-state index contributed by atoms with van der Waals surface area (Å²) in [4.78, 5) is 23.9. The van der Waals surface area contributed by atoms with Crippen molar-refractivity contribution in [3.63, 3.8) is 0 Å². The monoisotopic (exact) mass is 437 g/mol. The van der Waals surface area contributed by atoms with Gasteiger partial charge in [-0.1, -0.05) is 30.8 Å². The zero-order valence-corrected chi connectivity index (χ0v) is 18.1. The highest BCUT2D eigenvalue weighted by Crippen LogP contribution is 2.35. The van der Waals surface area contributed by atoms with Gasteiger partial charge in [-0.3, -0.25) is 4.79 Å². The maximum Gasteiger partial charge on any atom is 0.263 e. The molecule has 1 amide bonds. The number of benzene rings is 1. The molecule has 32 heavy (non-hydrogen) atoms. The van der Waals surface area contributed by atoms with Crippen LogP contribution in [-0.4, -0.2) is 40.2 Å². The van der Waals surface area contributed by atoms with Crippen LogP contribution in [-0.2, 0) is 4.79 Å². The van der Waals surface area contributed by atoms with Crippen molar-refractivity contribution in [2.75, 3.05) is 18.0 Å². The normalized spacial score (nSPS) is 20.3. The average molecular weight is 438 g/mol. The van der Waals surface area contributed by atoms with Crippen molar-refractivity contribution >= 4 is 22.8 Å². The van der Waals surface area contributed by atoms with E-state index in [9.17, 15) is 9.18 Å². The van der Waals surface area contributed by atoms with Gasteiger partial charge >= 0.3 is 0 Å². The number of hydrogen-bond donors (Lipinski definition) is 1. The maximum absolute atomic E-state index is 13.4. The smallest absolute Gasteiger partial charge is 0.263 e. The second kappa shape index (κ2) is 9.22. The summed E-state index contributed by atoms with van der Waals surface area (Å²) in [6.07, 6.45) is 10.3. The molecule has 1 saturated heterocycles. The molecule has 8 heteroatoms. The number of hydrogen-bond acceptors (Lipinski definition) is 6. The van der Waals surface area contributed by atoms with Crippen LogP contribution >= 0.6 is 0 Å². The van der Waals surface area contributed by atoms with E-state index in [4.69, 9.17) is 4.52 Å². The third-order valence-corrected chi connectivity index (χ3v) is 6.66. The summed E-state index contributed by atoms with van der Waals surface area (Å²) >= 11 is 0. The largest absolute Gasteiger partial charge is 0.355 e. The molecule has 1 N–H and O–H groups in total. The molecule has 2 aliphatic rings. The molecule has 168 valence electrons. The quantitative estimate of drug-likeness (QED) is 0.606. The molecule has 1 aromatic carbocycles. The summed E-state index contributed by atoms with van der Waals surface area (Å²) in [5.74, 6) is 0.473. The van der Waals surface area contributed by atoms with E-state index in [1.54, 1.807) is 12.1 Å². The molecule has 1 saturated carbocycles. The van der Waals surface area contributed by atoms with E-state index in [-0.39, 0.29) is 17.6 Å². The highest BCUT2D eigenvalue weighted by Gasteiger charge is 2.30. The standard InChI is InChI=1S/C24H28FN5O2/c25-18-11-9-16(10-12-18)21-20-22(26-15-27-24(20)32-29-21)30-13-5-6-17(14-30)23(31)28-19-7-3-1-2-4-8-19/h9-12,15,17,19H,1-8,13-14H2,(H,28,31)/t17-/m1/s1. The number of nitrogens with zero attached hydrogens (tertiary/aromatic N) is 4. The van der Waals surface area contributed by atoms with Gasteiger partial charge in [-0.25, -0.2) is 9.37 Å². The Morgan fingerprint density at radius 3 is 2.59 bits per heavy atom. The van der Waals surface area contributed by atoms with E-state index in [0.29, 0.717) is 35.2 Å². The lowest BCUT2D eigenvalue weighted by atomic mass is 9.95. The minimum Gasteiger partial charge on any atom is -0.355 e. The van der Waals surface area contributed by atoms with E-state index < -0.39 is 0 Å². The Labute approximate surface area is 186 Å². The summed E-state index contributed by atoms with van der Waals surface area (Å²) < 4.78 is 18.9. The van der Waals surface area contributed by atoms with Crippen molar-refractivity contribution in [1.29, 1.82) is 0 Å². The third kappa shape index (κ3) is 4.31.